The fraction of sp³-hybridized carbons (Fsp3) is 0. The number of carbonyl (C=O) groups is 2. The zero-order valence-corrected chi connectivity index (χ0v) is 11.7. The van der Waals surface area contributed by atoms with Gasteiger partial charge in [0.15, 0.2) is 0 Å². The Hall–Kier alpha value is -3.00. The average molecular weight is 284 g/mol. The number of benzene rings is 3. The summed E-state index contributed by atoms with van der Waals surface area (Å²) < 4.78 is 0. The minimum Gasteiger partial charge on any atom is -0.285 e. The van der Waals surface area contributed by atoms with Crippen molar-refractivity contribution in [3.05, 3.63) is 83.4 Å². The highest BCUT2D eigenvalue weighted by Gasteiger charge is 2.32. The van der Waals surface area contributed by atoms with Gasteiger partial charge in [0.05, 0.1) is 0 Å². The van der Waals surface area contributed by atoms with Crippen LogP contribution in [-0.2, 0) is 4.79 Å². The van der Waals surface area contributed by atoms with E-state index in [1.165, 1.54) is 0 Å². The summed E-state index contributed by atoms with van der Waals surface area (Å²) in [6, 6.07) is 21.2. The molecule has 0 fully saturated rings. The summed E-state index contributed by atoms with van der Waals surface area (Å²) in [4.78, 5) is 24.2. The molecule has 104 valence electrons. The van der Waals surface area contributed by atoms with Crippen LogP contribution < -0.4 is 0 Å². The van der Waals surface area contributed by atoms with Crippen LogP contribution in [0.25, 0.3) is 22.4 Å². The van der Waals surface area contributed by atoms with Gasteiger partial charge in [0.25, 0.3) is 0 Å². The standard InChI is InChI=1S/C20H12O2/c21-19-17-8-4-3-7-16(17)18(20(19)22)12-13-9-10-14-5-1-2-6-15(14)11-13/h1-12H/b18-12+. The van der Waals surface area contributed by atoms with Crippen LogP contribution in [0.5, 0.6) is 0 Å². The summed E-state index contributed by atoms with van der Waals surface area (Å²) in [6.07, 6.45) is 1.80. The number of hydrogen-bond donors (Lipinski definition) is 0. The van der Waals surface area contributed by atoms with E-state index in [0.717, 1.165) is 21.9 Å². The SMILES string of the molecule is O=C1C(=O)c2ccccc2/C1=C\c1ccc2ccccc2c1. The first kappa shape index (κ1) is 12.7. The molecule has 0 saturated carbocycles. The van der Waals surface area contributed by atoms with Crippen LogP contribution >= 0.6 is 0 Å². The Morgan fingerprint density at radius 2 is 1.32 bits per heavy atom. The van der Waals surface area contributed by atoms with E-state index in [1.54, 1.807) is 18.2 Å². The largest absolute Gasteiger partial charge is 0.285 e. The zero-order chi connectivity index (χ0) is 15.1. The third-order valence-electron chi connectivity index (χ3n) is 4.00. The number of hydrogen-bond acceptors (Lipinski definition) is 2. The molecule has 0 unspecified atom stereocenters. The first-order valence-electron chi connectivity index (χ1n) is 7.13. The summed E-state index contributed by atoms with van der Waals surface area (Å²) in [5, 5.41) is 2.26. The molecule has 1 aliphatic carbocycles. The fourth-order valence-corrected chi connectivity index (χ4v) is 2.89. The first-order valence-corrected chi connectivity index (χ1v) is 7.13. The van der Waals surface area contributed by atoms with Gasteiger partial charge in [-0.05, 0) is 34.0 Å². The quantitative estimate of drug-likeness (QED) is 0.497. The Morgan fingerprint density at radius 3 is 2.14 bits per heavy atom. The Morgan fingerprint density at radius 1 is 0.636 bits per heavy atom. The van der Waals surface area contributed by atoms with Crippen molar-refractivity contribution in [1.29, 1.82) is 0 Å². The second-order valence-corrected chi connectivity index (χ2v) is 5.37. The number of fused-ring (bicyclic) bond motifs is 2. The average Bonchev–Trinajstić information content (AvgIpc) is 2.80. The molecule has 2 nitrogen and oxygen atoms in total. The molecular weight excluding hydrogens is 272 g/mol. The highest BCUT2D eigenvalue weighted by Crippen LogP contribution is 2.31. The van der Waals surface area contributed by atoms with Crippen LogP contribution in [0.2, 0.25) is 0 Å². The van der Waals surface area contributed by atoms with E-state index < -0.39 is 11.6 Å². The van der Waals surface area contributed by atoms with E-state index in [2.05, 4.69) is 0 Å². The highest BCUT2D eigenvalue weighted by atomic mass is 16.2. The molecule has 0 heterocycles. The van der Waals surface area contributed by atoms with Crippen LogP contribution in [0.3, 0.4) is 0 Å². The monoisotopic (exact) mass is 284 g/mol. The summed E-state index contributed by atoms with van der Waals surface area (Å²) in [5.41, 5.74) is 2.63. The number of allylic oxidation sites excluding steroid dienone is 1. The maximum atomic E-state index is 12.2. The number of Topliss-reactive ketones (excluding diaryl/α,β-unsaturated/α-hetero) is 2. The van der Waals surface area contributed by atoms with Crippen molar-refractivity contribution < 1.29 is 9.59 Å². The Labute approximate surface area is 127 Å². The van der Waals surface area contributed by atoms with E-state index >= 15 is 0 Å². The molecule has 0 amide bonds. The van der Waals surface area contributed by atoms with Crippen LogP contribution in [0.4, 0.5) is 0 Å². The van der Waals surface area contributed by atoms with E-state index in [1.807, 2.05) is 54.6 Å². The lowest BCUT2D eigenvalue weighted by Gasteiger charge is -2.01. The summed E-state index contributed by atoms with van der Waals surface area (Å²) in [5.74, 6) is -0.836. The predicted molar refractivity (Wildman–Crippen MR) is 87.6 cm³/mol. The third kappa shape index (κ3) is 1.89. The molecular formula is C20H12O2. The molecule has 2 heteroatoms. The van der Waals surface area contributed by atoms with Crippen molar-refractivity contribution in [2.75, 3.05) is 0 Å². The molecule has 4 rings (SSSR count). The number of carbonyl (C=O) groups excluding carboxylic acids is 2. The van der Waals surface area contributed by atoms with E-state index in [-0.39, 0.29) is 0 Å². The van der Waals surface area contributed by atoms with Crippen molar-refractivity contribution >= 4 is 34.0 Å². The van der Waals surface area contributed by atoms with Gasteiger partial charge >= 0.3 is 0 Å². The first-order chi connectivity index (χ1) is 10.7. The Bertz CT molecular complexity index is 964. The molecule has 0 spiro atoms. The highest BCUT2D eigenvalue weighted by molar-refractivity contribution is 6.64. The van der Waals surface area contributed by atoms with Crippen molar-refractivity contribution in [2.24, 2.45) is 0 Å². The predicted octanol–water partition coefficient (Wildman–Crippen LogP) is 4.15. The Balaban J connectivity index is 1.88. The Kier molecular flexibility index (Phi) is 2.76. The van der Waals surface area contributed by atoms with E-state index in [0.29, 0.717) is 11.1 Å². The molecule has 0 aromatic heterocycles. The second kappa shape index (κ2) is 4.78. The lowest BCUT2D eigenvalue weighted by molar-refractivity contribution is -0.109. The van der Waals surface area contributed by atoms with Gasteiger partial charge in [-0.2, -0.15) is 0 Å². The molecule has 3 aromatic rings. The molecule has 0 radical (unpaired) electrons. The zero-order valence-electron chi connectivity index (χ0n) is 11.7. The molecule has 0 saturated heterocycles. The van der Waals surface area contributed by atoms with Gasteiger partial charge < -0.3 is 0 Å². The van der Waals surface area contributed by atoms with Gasteiger partial charge in [0.1, 0.15) is 0 Å². The van der Waals surface area contributed by atoms with Crippen LogP contribution in [0.15, 0.2) is 66.7 Å². The minimum atomic E-state index is -0.422. The van der Waals surface area contributed by atoms with Gasteiger partial charge in [-0.25, -0.2) is 0 Å². The van der Waals surface area contributed by atoms with Gasteiger partial charge in [-0.1, -0.05) is 60.7 Å². The van der Waals surface area contributed by atoms with Gasteiger partial charge in [0.2, 0.25) is 11.6 Å². The van der Waals surface area contributed by atoms with Gasteiger partial charge in [-0.15, -0.1) is 0 Å². The lowest BCUT2D eigenvalue weighted by atomic mass is 10.0. The molecule has 22 heavy (non-hydrogen) atoms. The molecule has 1 aliphatic rings. The van der Waals surface area contributed by atoms with Crippen LogP contribution in [-0.4, -0.2) is 11.6 Å². The van der Waals surface area contributed by atoms with Crippen LogP contribution in [0, 0.1) is 0 Å². The maximum Gasteiger partial charge on any atom is 0.234 e. The summed E-state index contributed by atoms with van der Waals surface area (Å²) >= 11 is 0. The lowest BCUT2D eigenvalue weighted by Crippen LogP contribution is -2.05. The summed E-state index contributed by atoms with van der Waals surface area (Å²) in [7, 11) is 0. The fourth-order valence-electron chi connectivity index (χ4n) is 2.89. The normalized spacial score (nSPS) is 15.5. The minimum absolute atomic E-state index is 0.414. The molecule has 0 aliphatic heterocycles. The summed E-state index contributed by atoms with van der Waals surface area (Å²) in [6.45, 7) is 0. The van der Waals surface area contributed by atoms with Gasteiger partial charge in [0, 0.05) is 11.1 Å². The van der Waals surface area contributed by atoms with Crippen molar-refractivity contribution in [3.8, 4) is 0 Å². The van der Waals surface area contributed by atoms with Crippen molar-refractivity contribution in [2.45, 2.75) is 0 Å². The molecule has 0 bridgehead atoms. The molecule has 0 atom stereocenters. The maximum absolute atomic E-state index is 12.2. The number of ketones is 2. The molecule has 0 N–H and O–H groups in total. The number of rotatable bonds is 1. The van der Waals surface area contributed by atoms with Gasteiger partial charge in [-0.3, -0.25) is 9.59 Å². The van der Waals surface area contributed by atoms with Crippen molar-refractivity contribution in [3.63, 3.8) is 0 Å². The second-order valence-electron chi connectivity index (χ2n) is 5.37. The van der Waals surface area contributed by atoms with E-state index in [9.17, 15) is 9.59 Å². The smallest absolute Gasteiger partial charge is 0.234 e. The van der Waals surface area contributed by atoms with E-state index in [4.69, 9.17) is 0 Å². The third-order valence-corrected chi connectivity index (χ3v) is 4.00. The van der Waals surface area contributed by atoms with Crippen LogP contribution in [0.1, 0.15) is 21.5 Å². The topological polar surface area (TPSA) is 34.1 Å². The molecule has 3 aromatic carbocycles. The van der Waals surface area contributed by atoms with Crippen molar-refractivity contribution in [1.82, 2.24) is 0 Å².